The number of aromatic nitrogens is 1. The monoisotopic (exact) mass is 239 g/mol. The normalized spacial score (nSPS) is 10.6. The van der Waals surface area contributed by atoms with Crippen LogP contribution >= 0.6 is 11.3 Å². The van der Waals surface area contributed by atoms with Gasteiger partial charge in [0.25, 0.3) is 0 Å². The number of aryl methyl sites for hydroxylation is 1. The number of thiophene rings is 1. The molecule has 0 radical (unpaired) electrons. The largest absolute Gasteiger partial charge is 0.315 e. The number of benzene rings is 1. The molecular weight excluding hydrogens is 226 g/mol. The number of nitrogens with zero attached hydrogens (tertiary/aromatic N) is 1. The number of hydrogen-bond donors (Lipinski definition) is 0. The molecule has 0 aliphatic heterocycles. The molecule has 2 heteroatoms. The first-order valence-electron chi connectivity index (χ1n) is 5.63. The first kappa shape index (κ1) is 10.4. The molecule has 0 N–H and O–H groups in total. The summed E-state index contributed by atoms with van der Waals surface area (Å²) in [6.07, 6.45) is 2.12. The molecular formula is C15H13NS. The average molecular weight is 239 g/mol. The Hall–Kier alpha value is -1.80. The third-order valence-electron chi connectivity index (χ3n) is 2.90. The van der Waals surface area contributed by atoms with Gasteiger partial charge in [0, 0.05) is 11.9 Å². The summed E-state index contributed by atoms with van der Waals surface area (Å²) in [6, 6.07) is 17.0. The van der Waals surface area contributed by atoms with Crippen molar-refractivity contribution >= 4 is 11.3 Å². The molecule has 0 aliphatic carbocycles. The van der Waals surface area contributed by atoms with Crippen LogP contribution in [0.3, 0.4) is 0 Å². The Kier molecular flexibility index (Phi) is 2.57. The van der Waals surface area contributed by atoms with Gasteiger partial charge in [-0.15, -0.1) is 11.3 Å². The van der Waals surface area contributed by atoms with Crippen molar-refractivity contribution in [2.24, 2.45) is 0 Å². The van der Waals surface area contributed by atoms with E-state index < -0.39 is 0 Å². The molecule has 0 spiro atoms. The van der Waals surface area contributed by atoms with E-state index >= 15 is 0 Å². The number of para-hydroxylation sites is 1. The highest BCUT2D eigenvalue weighted by Gasteiger charge is 2.07. The second-order valence-electron chi connectivity index (χ2n) is 4.03. The van der Waals surface area contributed by atoms with E-state index in [0.29, 0.717) is 0 Å². The maximum Gasteiger partial charge on any atom is 0.0628 e. The van der Waals surface area contributed by atoms with Gasteiger partial charge in [-0.1, -0.05) is 24.3 Å². The summed E-state index contributed by atoms with van der Waals surface area (Å²) in [5.41, 5.74) is 3.80. The van der Waals surface area contributed by atoms with Crippen LogP contribution in [0.4, 0.5) is 0 Å². The van der Waals surface area contributed by atoms with Crippen molar-refractivity contribution in [1.82, 2.24) is 4.57 Å². The molecule has 0 fully saturated rings. The van der Waals surface area contributed by atoms with E-state index in [1.54, 1.807) is 11.3 Å². The van der Waals surface area contributed by atoms with Crippen LogP contribution in [0.15, 0.2) is 60.1 Å². The quantitative estimate of drug-likeness (QED) is 0.620. The Morgan fingerprint density at radius 2 is 1.82 bits per heavy atom. The second-order valence-corrected chi connectivity index (χ2v) is 4.97. The Balaban J connectivity index is 2.17. The minimum Gasteiger partial charge on any atom is -0.315 e. The first-order chi connectivity index (χ1) is 8.36. The fraction of sp³-hybridized carbons (Fsp3) is 0.0667. The highest BCUT2D eigenvalue weighted by Crippen LogP contribution is 2.28. The predicted molar refractivity (Wildman–Crippen MR) is 73.8 cm³/mol. The van der Waals surface area contributed by atoms with Crippen LogP contribution in [-0.2, 0) is 0 Å². The van der Waals surface area contributed by atoms with Crippen LogP contribution in [0.25, 0.3) is 16.3 Å². The van der Waals surface area contributed by atoms with Crippen LogP contribution in [0.2, 0.25) is 0 Å². The average Bonchev–Trinajstić information content (AvgIpc) is 3.00. The Labute approximate surface area is 105 Å². The summed E-state index contributed by atoms with van der Waals surface area (Å²) in [4.78, 5) is 1.30. The summed E-state index contributed by atoms with van der Waals surface area (Å²) in [7, 11) is 0. The van der Waals surface area contributed by atoms with Gasteiger partial charge in [-0.3, -0.25) is 0 Å². The van der Waals surface area contributed by atoms with E-state index in [4.69, 9.17) is 0 Å². The van der Waals surface area contributed by atoms with Gasteiger partial charge in [0.2, 0.25) is 0 Å². The smallest absolute Gasteiger partial charge is 0.0628 e. The summed E-state index contributed by atoms with van der Waals surface area (Å²) < 4.78 is 2.25. The van der Waals surface area contributed by atoms with Gasteiger partial charge in [-0.05, 0) is 42.1 Å². The lowest BCUT2D eigenvalue weighted by Gasteiger charge is -2.10. The lowest BCUT2D eigenvalue weighted by molar-refractivity contribution is 1.07. The molecule has 3 rings (SSSR count). The van der Waals surface area contributed by atoms with Crippen molar-refractivity contribution < 1.29 is 0 Å². The fourth-order valence-corrected chi connectivity index (χ4v) is 2.80. The zero-order valence-electron chi connectivity index (χ0n) is 9.63. The molecule has 17 heavy (non-hydrogen) atoms. The maximum atomic E-state index is 2.25. The van der Waals surface area contributed by atoms with Crippen LogP contribution in [0.1, 0.15) is 5.56 Å². The molecule has 0 bridgehead atoms. The topological polar surface area (TPSA) is 4.93 Å². The van der Waals surface area contributed by atoms with Crippen LogP contribution in [0, 0.1) is 6.92 Å². The van der Waals surface area contributed by atoms with E-state index in [1.807, 2.05) is 0 Å². The van der Waals surface area contributed by atoms with Gasteiger partial charge >= 0.3 is 0 Å². The maximum absolute atomic E-state index is 2.25. The molecule has 0 amide bonds. The third-order valence-corrected chi connectivity index (χ3v) is 3.79. The van der Waals surface area contributed by atoms with Gasteiger partial charge in [0.05, 0.1) is 10.6 Å². The summed E-state index contributed by atoms with van der Waals surface area (Å²) in [6.45, 7) is 2.15. The van der Waals surface area contributed by atoms with Crippen molar-refractivity contribution in [2.45, 2.75) is 6.92 Å². The first-order valence-corrected chi connectivity index (χ1v) is 6.51. The van der Waals surface area contributed by atoms with Crippen LogP contribution in [-0.4, -0.2) is 4.57 Å². The molecule has 0 aliphatic rings. The highest BCUT2D eigenvalue weighted by molar-refractivity contribution is 7.13. The van der Waals surface area contributed by atoms with E-state index in [0.717, 1.165) is 0 Å². The van der Waals surface area contributed by atoms with E-state index in [-0.39, 0.29) is 0 Å². The zero-order valence-corrected chi connectivity index (χ0v) is 10.4. The fourth-order valence-electron chi connectivity index (χ4n) is 2.05. The van der Waals surface area contributed by atoms with Gasteiger partial charge < -0.3 is 4.57 Å². The number of hydrogen-bond acceptors (Lipinski definition) is 1. The van der Waals surface area contributed by atoms with E-state index in [9.17, 15) is 0 Å². The molecule has 84 valence electrons. The summed E-state index contributed by atoms with van der Waals surface area (Å²) in [5, 5.41) is 2.12. The van der Waals surface area contributed by atoms with Crippen molar-refractivity contribution in [2.75, 3.05) is 0 Å². The second kappa shape index (κ2) is 4.22. The van der Waals surface area contributed by atoms with Gasteiger partial charge in [-0.2, -0.15) is 0 Å². The predicted octanol–water partition coefficient (Wildman–Crippen LogP) is 4.51. The molecule has 0 saturated heterocycles. The van der Waals surface area contributed by atoms with Crippen molar-refractivity contribution in [3.63, 3.8) is 0 Å². The van der Waals surface area contributed by atoms with Crippen molar-refractivity contribution in [3.05, 3.63) is 65.7 Å². The molecule has 2 heterocycles. The van der Waals surface area contributed by atoms with Crippen molar-refractivity contribution in [3.8, 4) is 16.3 Å². The van der Waals surface area contributed by atoms with Crippen molar-refractivity contribution in [1.29, 1.82) is 0 Å². The molecule has 3 aromatic rings. The molecule has 0 saturated carbocycles. The van der Waals surface area contributed by atoms with Gasteiger partial charge in [0.15, 0.2) is 0 Å². The molecule has 2 aromatic heterocycles. The number of rotatable bonds is 2. The summed E-state index contributed by atoms with van der Waals surface area (Å²) in [5.74, 6) is 0. The molecule has 1 nitrogen and oxygen atoms in total. The van der Waals surface area contributed by atoms with E-state index in [1.165, 1.54) is 21.8 Å². The standard InChI is InChI=1S/C15H13NS/c1-12-6-2-3-7-13(12)16-10-4-8-14(16)15-9-5-11-17-15/h2-11H,1H3. The van der Waals surface area contributed by atoms with Crippen LogP contribution in [0.5, 0.6) is 0 Å². The molecule has 0 unspecified atom stereocenters. The SMILES string of the molecule is Cc1ccccc1-n1cccc1-c1cccs1. The van der Waals surface area contributed by atoms with Crippen LogP contribution < -0.4 is 0 Å². The Morgan fingerprint density at radius 1 is 0.941 bits per heavy atom. The molecule has 1 aromatic carbocycles. The zero-order chi connectivity index (χ0) is 11.7. The lowest BCUT2D eigenvalue weighted by Crippen LogP contribution is -1.96. The molecule has 0 atom stereocenters. The van der Waals surface area contributed by atoms with Gasteiger partial charge in [0.1, 0.15) is 0 Å². The Bertz CT molecular complexity index is 620. The Morgan fingerprint density at radius 3 is 2.59 bits per heavy atom. The lowest BCUT2D eigenvalue weighted by atomic mass is 10.2. The minimum absolute atomic E-state index is 1.25. The highest BCUT2D eigenvalue weighted by atomic mass is 32.1. The van der Waals surface area contributed by atoms with Gasteiger partial charge in [-0.25, -0.2) is 0 Å². The summed E-state index contributed by atoms with van der Waals surface area (Å²) >= 11 is 1.77. The third kappa shape index (κ3) is 1.81. The minimum atomic E-state index is 1.25. The van der Waals surface area contributed by atoms with E-state index in [2.05, 4.69) is 71.6 Å².